The van der Waals surface area contributed by atoms with Gasteiger partial charge in [0.25, 0.3) is 11.8 Å². The molecule has 0 saturated carbocycles. The molecule has 4 heterocycles. The highest BCUT2D eigenvalue weighted by atomic mass is 32.2. The van der Waals surface area contributed by atoms with Crippen molar-refractivity contribution in [2.45, 2.75) is 5.03 Å². The number of carbonyl (C=O) groups is 2. The third-order valence-electron chi connectivity index (χ3n) is 4.88. The zero-order valence-electron chi connectivity index (χ0n) is 17.2. The summed E-state index contributed by atoms with van der Waals surface area (Å²) in [7, 11) is 0. The van der Waals surface area contributed by atoms with Crippen molar-refractivity contribution in [1.82, 2.24) is 14.9 Å². The van der Waals surface area contributed by atoms with E-state index in [-0.39, 0.29) is 24.1 Å². The zero-order chi connectivity index (χ0) is 22.5. The van der Waals surface area contributed by atoms with Gasteiger partial charge in [0.05, 0.1) is 11.8 Å². The molecule has 3 aromatic rings. The van der Waals surface area contributed by atoms with Crippen LogP contribution in [0.5, 0.6) is 0 Å². The number of carbonyl (C=O) groups excluding carboxylic acids is 2. The number of furan rings is 1. The van der Waals surface area contributed by atoms with E-state index in [2.05, 4.69) is 9.97 Å². The van der Waals surface area contributed by atoms with Gasteiger partial charge in [0.2, 0.25) is 11.6 Å². The fraction of sp³-hybridized carbons (Fsp3) is 0.286. The number of anilines is 1. The highest BCUT2D eigenvalue weighted by molar-refractivity contribution is 7.98. The van der Waals surface area contributed by atoms with E-state index >= 15 is 0 Å². The van der Waals surface area contributed by atoms with Crippen molar-refractivity contribution in [3.05, 3.63) is 48.0 Å². The van der Waals surface area contributed by atoms with Crippen molar-refractivity contribution >= 4 is 29.5 Å². The van der Waals surface area contributed by atoms with Gasteiger partial charge >= 0.3 is 5.97 Å². The fourth-order valence-electron chi connectivity index (χ4n) is 3.27. The van der Waals surface area contributed by atoms with Gasteiger partial charge in [-0.05, 0) is 30.5 Å². The van der Waals surface area contributed by atoms with E-state index < -0.39 is 5.97 Å². The summed E-state index contributed by atoms with van der Waals surface area (Å²) in [5.41, 5.74) is 0.491. The Labute approximate surface area is 187 Å². The fourth-order valence-corrected chi connectivity index (χ4v) is 3.81. The SMILES string of the molecule is CSc1ncccc1C(=O)OCC(=O)N1CCN(c2oc(-c3ccco3)nc2C#N)CC1. The van der Waals surface area contributed by atoms with E-state index in [0.29, 0.717) is 48.4 Å². The minimum absolute atomic E-state index is 0.158. The van der Waals surface area contributed by atoms with Crippen molar-refractivity contribution in [2.75, 3.05) is 43.9 Å². The topological polar surface area (TPSA) is 126 Å². The molecular formula is C21H19N5O5S. The van der Waals surface area contributed by atoms with Crippen LogP contribution in [0.4, 0.5) is 5.88 Å². The average molecular weight is 453 g/mol. The van der Waals surface area contributed by atoms with Gasteiger partial charge in [0.15, 0.2) is 12.4 Å². The quantitative estimate of drug-likeness (QED) is 0.406. The number of piperazine rings is 1. The lowest BCUT2D eigenvalue weighted by Crippen LogP contribution is -2.50. The van der Waals surface area contributed by atoms with E-state index in [1.807, 2.05) is 17.2 Å². The van der Waals surface area contributed by atoms with Crippen LogP contribution in [0.2, 0.25) is 0 Å². The molecule has 0 bridgehead atoms. The number of ether oxygens (including phenoxy) is 1. The predicted octanol–water partition coefficient (Wildman–Crippen LogP) is 2.43. The van der Waals surface area contributed by atoms with Crippen molar-refractivity contribution in [3.63, 3.8) is 0 Å². The monoisotopic (exact) mass is 453 g/mol. The van der Waals surface area contributed by atoms with Crippen LogP contribution in [0.25, 0.3) is 11.7 Å². The Bertz CT molecular complexity index is 1150. The number of nitrogens with zero attached hydrogens (tertiary/aromatic N) is 5. The maximum atomic E-state index is 12.5. The van der Waals surface area contributed by atoms with Crippen molar-refractivity contribution < 1.29 is 23.2 Å². The second kappa shape index (κ2) is 9.57. The van der Waals surface area contributed by atoms with Gasteiger partial charge in [-0.25, -0.2) is 9.78 Å². The van der Waals surface area contributed by atoms with Gasteiger partial charge in [-0.3, -0.25) is 4.79 Å². The minimum atomic E-state index is -0.583. The molecule has 0 atom stereocenters. The van der Waals surface area contributed by atoms with Gasteiger partial charge in [-0.15, -0.1) is 11.8 Å². The molecule has 11 heteroatoms. The Morgan fingerprint density at radius 2 is 2.06 bits per heavy atom. The lowest BCUT2D eigenvalue weighted by atomic mass is 10.3. The van der Waals surface area contributed by atoms with E-state index in [1.165, 1.54) is 18.0 Å². The Morgan fingerprint density at radius 3 is 2.75 bits per heavy atom. The standard InChI is InChI=1S/C21H19N5O5S/c1-32-19-14(4-2-6-23-19)21(28)30-13-17(27)25-7-9-26(10-8-25)20-15(12-22)24-18(31-20)16-5-3-11-29-16/h2-6,11H,7-10,13H2,1H3. The van der Waals surface area contributed by atoms with Gasteiger partial charge in [-0.1, -0.05) is 0 Å². The summed E-state index contributed by atoms with van der Waals surface area (Å²) >= 11 is 1.33. The van der Waals surface area contributed by atoms with Crippen LogP contribution in [-0.2, 0) is 9.53 Å². The van der Waals surface area contributed by atoms with Crippen molar-refractivity contribution in [1.29, 1.82) is 5.26 Å². The van der Waals surface area contributed by atoms with Crippen LogP contribution in [0.1, 0.15) is 16.1 Å². The number of esters is 1. The molecule has 0 N–H and O–H groups in total. The molecule has 3 aromatic heterocycles. The summed E-state index contributed by atoms with van der Waals surface area (Å²) < 4.78 is 16.2. The molecule has 0 aromatic carbocycles. The summed E-state index contributed by atoms with van der Waals surface area (Å²) in [6.45, 7) is 1.32. The molecule has 1 saturated heterocycles. The molecule has 164 valence electrons. The average Bonchev–Trinajstić information content (AvgIpc) is 3.52. The molecule has 0 unspecified atom stereocenters. The Hall–Kier alpha value is -3.78. The third kappa shape index (κ3) is 4.45. The first-order valence-corrected chi connectivity index (χ1v) is 11.0. The van der Waals surface area contributed by atoms with Gasteiger partial charge in [0.1, 0.15) is 11.1 Å². The third-order valence-corrected chi connectivity index (χ3v) is 5.59. The molecule has 1 aliphatic heterocycles. The van der Waals surface area contributed by atoms with Crippen LogP contribution in [0.15, 0.2) is 50.6 Å². The molecule has 0 spiro atoms. The van der Waals surface area contributed by atoms with Gasteiger partial charge < -0.3 is 23.4 Å². The first-order valence-electron chi connectivity index (χ1n) is 9.74. The molecule has 10 nitrogen and oxygen atoms in total. The molecule has 1 fully saturated rings. The predicted molar refractivity (Wildman–Crippen MR) is 114 cm³/mol. The normalized spacial score (nSPS) is 13.6. The van der Waals surface area contributed by atoms with Crippen LogP contribution in [0, 0.1) is 11.3 Å². The first kappa shape index (κ1) is 21.5. The number of amides is 1. The number of oxazole rings is 1. The number of pyridine rings is 1. The number of rotatable bonds is 6. The van der Waals surface area contributed by atoms with Crippen molar-refractivity contribution in [3.8, 4) is 17.7 Å². The molecule has 32 heavy (non-hydrogen) atoms. The van der Waals surface area contributed by atoms with Crippen LogP contribution < -0.4 is 4.90 Å². The van der Waals surface area contributed by atoms with Gasteiger partial charge in [-0.2, -0.15) is 10.2 Å². The van der Waals surface area contributed by atoms with E-state index in [4.69, 9.17) is 13.6 Å². The molecule has 1 aliphatic rings. The summed E-state index contributed by atoms with van der Waals surface area (Å²) in [5.74, 6) is 0.134. The summed E-state index contributed by atoms with van der Waals surface area (Å²) in [4.78, 5) is 36.6. The van der Waals surface area contributed by atoms with Crippen molar-refractivity contribution in [2.24, 2.45) is 0 Å². The Balaban J connectivity index is 1.33. The number of thioether (sulfide) groups is 1. The summed E-state index contributed by atoms with van der Waals surface area (Å²) in [6.07, 6.45) is 4.91. The molecule has 0 aliphatic carbocycles. The number of nitriles is 1. The highest BCUT2D eigenvalue weighted by Gasteiger charge is 2.27. The molecule has 1 amide bonds. The molecular weight excluding hydrogens is 434 g/mol. The maximum absolute atomic E-state index is 12.5. The maximum Gasteiger partial charge on any atom is 0.341 e. The zero-order valence-corrected chi connectivity index (χ0v) is 18.0. The second-order valence-corrected chi connectivity index (χ2v) is 7.56. The molecule has 0 radical (unpaired) electrons. The largest absolute Gasteiger partial charge is 0.459 e. The second-order valence-electron chi connectivity index (χ2n) is 6.77. The number of hydrogen-bond donors (Lipinski definition) is 0. The number of hydrogen-bond acceptors (Lipinski definition) is 10. The Morgan fingerprint density at radius 1 is 1.25 bits per heavy atom. The van der Waals surface area contributed by atoms with E-state index in [1.54, 1.807) is 35.4 Å². The number of aromatic nitrogens is 2. The van der Waals surface area contributed by atoms with Crippen LogP contribution >= 0.6 is 11.8 Å². The van der Waals surface area contributed by atoms with E-state index in [9.17, 15) is 14.9 Å². The molecule has 4 rings (SSSR count). The summed E-state index contributed by atoms with van der Waals surface area (Å²) in [5, 5.41) is 9.95. The van der Waals surface area contributed by atoms with E-state index in [0.717, 1.165) is 0 Å². The lowest BCUT2D eigenvalue weighted by Gasteiger charge is -2.34. The Kier molecular flexibility index (Phi) is 6.42. The van der Waals surface area contributed by atoms with Gasteiger partial charge in [0, 0.05) is 32.4 Å². The summed E-state index contributed by atoms with van der Waals surface area (Å²) in [6, 6.07) is 8.70. The highest BCUT2D eigenvalue weighted by Crippen LogP contribution is 2.29. The lowest BCUT2D eigenvalue weighted by molar-refractivity contribution is -0.134. The first-order chi connectivity index (χ1) is 15.6. The van der Waals surface area contributed by atoms with Crippen LogP contribution in [-0.4, -0.2) is 65.8 Å². The minimum Gasteiger partial charge on any atom is -0.459 e. The van der Waals surface area contributed by atoms with Crippen LogP contribution in [0.3, 0.4) is 0 Å². The smallest absolute Gasteiger partial charge is 0.341 e.